The molecule has 1 N–H and O–H groups in total. The number of carbonyl (C=O) groups is 2. The average Bonchev–Trinajstić information content (AvgIpc) is 2.89. The van der Waals surface area contributed by atoms with Gasteiger partial charge in [0.05, 0.1) is 16.9 Å². The van der Waals surface area contributed by atoms with Gasteiger partial charge in [-0.3, -0.25) is 24.0 Å². The van der Waals surface area contributed by atoms with Gasteiger partial charge in [-0.2, -0.15) is 0 Å². The molecule has 3 aromatic rings. The van der Waals surface area contributed by atoms with E-state index in [2.05, 4.69) is 5.32 Å². The quantitative estimate of drug-likeness (QED) is 0.293. The van der Waals surface area contributed by atoms with Gasteiger partial charge in [-0.25, -0.2) is 12.8 Å². The first-order valence-electron chi connectivity index (χ1n) is 11.5. The van der Waals surface area contributed by atoms with Crippen LogP contribution in [0.2, 0.25) is 0 Å². The number of nitrogens with one attached hydrogen (secondary N) is 1. The van der Waals surface area contributed by atoms with E-state index in [9.17, 15) is 32.5 Å². The number of carbonyl (C=O) groups excluding carboxylic acids is 2. The summed E-state index contributed by atoms with van der Waals surface area (Å²) >= 11 is 0. The molecule has 10 nitrogen and oxygen atoms in total. The number of amides is 2. The molecule has 1 atom stereocenters. The van der Waals surface area contributed by atoms with Gasteiger partial charge < -0.3 is 10.2 Å². The molecule has 0 aromatic heterocycles. The largest absolute Gasteiger partial charge is 0.357 e. The van der Waals surface area contributed by atoms with Gasteiger partial charge in [-0.15, -0.1) is 0 Å². The number of nitrogens with zero attached hydrogens (tertiary/aromatic N) is 3. The summed E-state index contributed by atoms with van der Waals surface area (Å²) < 4.78 is 40.7. The van der Waals surface area contributed by atoms with E-state index in [4.69, 9.17) is 0 Å². The minimum atomic E-state index is -4.09. The molecule has 0 fully saturated rings. The van der Waals surface area contributed by atoms with Crippen molar-refractivity contribution in [3.63, 3.8) is 0 Å². The smallest absolute Gasteiger partial charge is 0.271 e. The molecular formula is C26H27FN4O6S. The van der Waals surface area contributed by atoms with Crippen LogP contribution in [0, 0.1) is 15.9 Å². The van der Waals surface area contributed by atoms with Crippen molar-refractivity contribution in [3.05, 3.63) is 106 Å². The molecule has 0 saturated heterocycles. The molecule has 0 radical (unpaired) electrons. The van der Waals surface area contributed by atoms with Gasteiger partial charge >= 0.3 is 0 Å². The number of halogens is 1. The molecule has 2 amide bonds. The van der Waals surface area contributed by atoms with Crippen molar-refractivity contribution in [1.29, 1.82) is 0 Å². The van der Waals surface area contributed by atoms with Crippen LogP contribution in [-0.2, 0) is 32.6 Å². The molecule has 0 unspecified atom stereocenters. The van der Waals surface area contributed by atoms with E-state index < -0.39 is 45.2 Å². The van der Waals surface area contributed by atoms with Crippen LogP contribution in [0.4, 0.5) is 15.8 Å². The lowest BCUT2D eigenvalue weighted by atomic mass is 10.0. The van der Waals surface area contributed by atoms with Crippen molar-refractivity contribution in [2.45, 2.75) is 19.0 Å². The Balaban J connectivity index is 2.05. The summed E-state index contributed by atoms with van der Waals surface area (Å²) in [5.41, 5.74) is 0.398. The first-order valence-corrected chi connectivity index (χ1v) is 13.4. The standard InChI is InChI=1S/C26H27FN4O6S/c1-28-26(33)24(15-19-9-4-3-5-10-19)29(17-20-11-6-7-14-23(20)27)25(32)18-30(38(2,36)37)21-12-8-13-22(16-21)31(34)35/h3-14,16,24H,15,17-18H2,1-2H3,(H,28,33)/t24-/m0/s1. The molecular weight excluding hydrogens is 515 g/mol. The third kappa shape index (κ3) is 7.13. The van der Waals surface area contributed by atoms with Crippen molar-refractivity contribution < 1.29 is 27.3 Å². The number of nitro groups is 1. The molecule has 0 aliphatic rings. The fourth-order valence-electron chi connectivity index (χ4n) is 3.91. The number of non-ortho nitro benzene ring substituents is 1. The normalized spacial score (nSPS) is 11.9. The van der Waals surface area contributed by atoms with E-state index in [0.29, 0.717) is 0 Å². The summed E-state index contributed by atoms with van der Waals surface area (Å²) in [6.45, 7) is -1.08. The lowest BCUT2D eigenvalue weighted by Gasteiger charge is -2.33. The van der Waals surface area contributed by atoms with Crippen LogP contribution in [0.5, 0.6) is 0 Å². The third-order valence-electron chi connectivity index (χ3n) is 5.82. The van der Waals surface area contributed by atoms with Gasteiger partial charge in [0.25, 0.3) is 5.69 Å². The van der Waals surface area contributed by atoms with Gasteiger partial charge in [0, 0.05) is 37.7 Å². The number of hydrogen-bond acceptors (Lipinski definition) is 6. The Hall–Kier alpha value is -4.32. The summed E-state index contributed by atoms with van der Waals surface area (Å²) in [7, 11) is -2.69. The maximum absolute atomic E-state index is 14.6. The minimum absolute atomic E-state index is 0.0798. The number of rotatable bonds is 11. The lowest BCUT2D eigenvalue weighted by molar-refractivity contribution is -0.384. The van der Waals surface area contributed by atoms with E-state index in [1.165, 1.54) is 43.4 Å². The van der Waals surface area contributed by atoms with Gasteiger partial charge in [-0.1, -0.05) is 54.6 Å². The van der Waals surface area contributed by atoms with E-state index in [1.807, 2.05) is 0 Å². The van der Waals surface area contributed by atoms with Crippen molar-refractivity contribution in [2.24, 2.45) is 0 Å². The molecule has 0 spiro atoms. The van der Waals surface area contributed by atoms with Crippen molar-refractivity contribution in [1.82, 2.24) is 10.2 Å². The summed E-state index contributed by atoms with van der Waals surface area (Å²) in [6, 6.07) is 18.4. The monoisotopic (exact) mass is 542 g/mol. The minimum Gasteiger partial charge on any atom is -0.357 e. The van der Waals surface area contributed by atoms with Crippen LogP contribution in [0.1, 0.15) is 11.1 Å². The fourth-order valence-corrected chi connectivity index (χ4v) is 4.75. The average molecular weight is 543 g/mol. The first kappa shape index (κ1) is 28.3. The van der Waals surface area contributed by atoms with Crippen molar-refractivity contribution >= 4 is 33.2 Å². The molecule has 3 aromatic carbocycles. The van der Waals surface area contributed by atoms with Crippen LogP contribution in [0.3, 0.4) is 0 Å². The molecule has 12 heteroatoms. The highest BCUT2D eigenvalue weighted by Gasteiger charge is 2.33. The van der Waals surface area contributed by atoms with Crippen LogP contribution in [0.25, 0.3) is 0 Å². The number of nitro benzene ring substituents is 1. The predicted octanol–water partition coefficient (Wildman–Crippen LogP) is 2.89. The fraction of sp³-hybridized carbons (Fsp3) is 0.231. The SMILES string of the molecule is CNC(=O)[C@H](Cc1ccccc1)N(Cc1ccccc1F)C(=O)CN(c1cccc([N+](=O)[O-])c1)S(C)(=O)=O. The Bertz CT molecular complexity index is 1420. The second kappa shape index (κ2) is 12.3. The highest BCUT2D eigenvalue weighted by Crippen LogP contribution is 2.24. The number of hydrogen-bond donors (Lipinski definition) is 1. The second-order valence-electron chi connectivity index (χ2n) is 8.48. The first-order chi connectivity index (χ1) is 18.0. The Labute approximate surface area is 219 Å². The van der Waals surface area contributed by atoms with Crippen LogP contribution in [-0.4, -0.2) is 55.9 Å². The van der Waals surface area contributed by atoms with E-state index in [0.717, 1.165) is 27.1 Å². The van der Waals surface area contributed by atoms with Crippen molar-refractivity contribution in [3.8, 4) is 0 Å². The van der Waals surface area contributed by atoms with Gasteiger partial charge in [-0.05, 0) is 17.7 Å². The molecule has 0 bridgehead atoms. The summed E-state index contributed by atoms with van der Waals surface area (Å²) in [6.07, 6.45) is 0.941. The Morgan fingerprint density at radius 1 is 1.03 bits per heavy atom. The molecule has 3 rings (SSSR count). The van der Waals surface area contributed by atoms with Crippen LogP contribution < -0.4 is 9.62 Å². The second-order valence-corrected chi connectivity index (χ2v) is 10.4. The molecule has 0 aliphatic heterocycles. The van der Waals surface area contributed by atoms with E-state index >= 15 is 0 Å². The third-order valence-corrected chi connectivity index (χ3v) is 6.96. The zero-order chi connectivity index (χ0) is 27.9. The number of likely N-dealkylation sites (N-methyl/N-ethyl adjacent to an activating group) is 1. The summed E-state index contributed by atoms with van der Waals surface area (Å²) in [5.74, 6) is -1.92. The number of benzene rings is 3. The van der Waals surface area contributed by atoms with Gasteiger partial charge in [0.1, 0.15) is 18.4 Å². The van der Waals surface area contributed by atoms with Gasteiger partial charge in [0.2, 0.25) is 21.8 Å². The number of sulfonamides is 1. The lowest BCUT2D eigenvalue weighted by Crippen LogP contribution is -2.53. The Kier molecular flexibility index (Phi) is 9.13. The topological polar surface area (TPSA) is 130 Å². The maximum Gasteiger partial charge on any atom is 0.271 e. The molecule has 38 heavy (non-hydrogen) atoms. The van der Waals surface area contributed by atoms with E-state index in [-0.39, 0.29) is 29.9 Å². The number of anilines is 1. The molecule has 0 saturated carbocycles. The van der Waals surface area contributed by atoms with Crippen LogP contribution in [0.15, 0.2) is 78.9 Å². The predicted molar refractivity (Wildman–Crippen MR) is 140 cm³/mol. The zero-order valence-electron chi connectivity index (χ0n) is 20.8. The Morgan fingerprint density at radius 2 is 1.68 bits per heavy atom. The highest BCUT2D eigenvalue weighted by molar-refractivity contribution is 7.92. The maximum atomic E-state index is 14.6. The highest BCUT2D eigenvalue weighted by atomic mass is 32.2. The van der Waals surface area contributed by atoms with Crippen molar-refractivity contribution in [2.75, 3.05) is 24.2 Å². The van der Waals surface area contributed by atoms with E-state index in [1.54, 1.807) is 36.4 Å². The Morgan fingerprint density at radius 3 is 2.29 bits per heavy atom. The molecule has 0 heterocycles. The zero-order valence-corrected chi connectivity index (χ0v) is 21.6. The van der Waals surface area contributed by atoms with Gasteiger partial charge in [0.15, 0.2) is 0 Å². The van der Waals surface area contributed by atoms with Crippen LogP contribution >= 0.6 is 0 Å². The summed E-state index contributed by atoms with van der Waals surface area (Å²) in [4.78, 5) is 38.4. The molecule has 0 aliphatic carbocycles. The molecule has 200 valence electrons. The summed E-state index contributed by atoms with van der Waals surface area (Å²) in [5, 5.41) is 13.8.